The number of benzene rings is 1. The third-order valence-corrected chi connectivity index (χ3v) is 2.43. The molecule has 0 fully saturated rings. The summed E-state index contributed by atoms with van der Waals surface area (Å²) in [5, 5.41) is 3.82. The second kappa shape index (κ2) is 6.84. The van der Waals surface area contributed by atoms with Gasteiger partial charge in [-0.05, 0) is 18.2 Å². The summed E-state index contributed by atoms with van der Waals surface area (Å²) in [7, 11) is 0. The van der Waals surface area contributed by atoms with Crippen LogP contribution in [0.15, 0.2) is 67.2 Å². The number of nitrogens with two attached hydrogens (primary N) is 1. The molecule has 100 valence electrons. The Hall–Kier alpha value is -2.95. The molecule has 1 amide bonds. The van der Waals surface area contributed by atoms with Crippen molar-refractivity contribution in [2.45, 2.75) is 0 Å². The van der Waals surface area contributed by atoms with E-state index >= 15 is 0 Å². The van der Waals surface area contributed by atoms with Crippen LogP contribution in [-0.2, 0) is 0 Å². The highest BCUT2D eigenvalue weighted by atomic mass is 16.1. The van der Waals surface area contributed by atoms with E-state index in [1.54, 1.807) is 6.20 Å². The fourth-order valence-electron chi connectivity index (χ4n) is 1.50. The molecule has 0 saturated carbocycles. The van der Waals surface area contributed by atoms with E-state index in [2.05, 4.69) is 15.3 Å². The van der Waals surface area contributed by atoms with E-state index in [-0.39, 0.29) is 5.82 Å². The Morgan fingerprint density at radius 3 is 2.45 bits per heavy atom. The van der Waals surface area contributed by atoms with Crippen molar-refractivity contribution in [3.05, 3.63) is 73.0 Å². The second-order valence-electron chi connectivity index (χ2n) is 3.89. The van der Waals surface area contributed by atoms with Crippen molar-refractivity contribution in [2.75, 3.05) is 0 Å². The van der Waals surface area contributed by atoms with Gasteiger partial charge in [-0.25, -0.2) is 9.97 Å². The molecule has 5 nitrogen and oxygen atoms in total. The van der Waals surface area contributed by atoms with Crippen LogP contribution in [0.2, 0.25) is 0 Å². The van der Waals surface area contributed by atoms with Crippen molar-refractivity contribution in [3.8, 4) is 0 Å². The number of hydrogen-bond acceptors (Lipinski definition) is 4. The third-order valence-electron chi connectivity index (χ3n) is 2.43. The van der Waals surface area contributed by atoms with Gasteiger partial charge in [0.05, 0.1) is 5.52 Å². The number of carbonyl (C=O) groups is 1. The Morgan fingerprint density at radius 1 is 1.05 bits per heavy atom. The van der Waals surface area contributed by atoms with E-state index in [0.717, 1.165) is 10.9 Å². The molecule has 0 spiro atoms. The number of para-hydroxylation sites is 1. The van der Waals surface area contributed by atoms with Crippen LogP contribution in [0.1, 0.15) is 10.6 Å². The Bertz CT molecular complexity index is 675. The number of rotatable bonds is 1. The highest BCUT2D eigenvalue weighted by Gasteiger charge is 2.03. The smallest absolute Gasteiger partial charge is 0.286 e. The maximum absolute atomic E-state index is 10.7. The van der Waals surface area contributed by atoms with Crippen LogP contribution in [0.4, 0.5) is 0 Å². The van der Waals surface area contributed by atoms with Crippen LogP contribution in [-0.4, -0.2) is 15.9 Å². The van der Waals surface area contributed by atoms with E-state index in [9.17, 15) is 4.79 Å². The zero-order valence-electron chi connectivity index (χ0n) is 10.7. The average Bonchev–Trinajstić information content (AvgIpc) is 2.80. The standard InChI is InChI=1S/C9H7N3O.C6H7N/c10-8(13)9-11-5-6-3-1-2-4-7(6)12-9;1-2-4-6-7-5-3-1/h1-5H,(H2,10,13);1-7H. The lowest BCUT2D eigenvalue weighted by Gasteiger charge is -1.96. The highest BCUT2D eigenvalue weighted by Crippen LogP contribution is 2.08. The lowest BCUT2D eigenvalue weighted by Crippen LogP contribution is -2.14. The molecule has 3 N–H and O–H groups in total. The minimum atomic E-state index is -0.606. The van der Waals surface area contributed by atoms with Crippen molar-refractivity contribution >= 4 is 16.8 Å². The normalized spacial score (nSPS) is 12.2. The monoisotopic (exact) mass is 266 g/mol. The van der Waals surface area contributed by atoms with Crippen LogP contribution in [0.25, 0.3) is 10.9 Å². The van der Waals surface area contributed by atoms with Gasteiger partial charge < -0.3 is 11.1 Å². The Kier molecular flexibility index (Phi) is 4.61. The predicted molar refractivity (Wildman–Crippen MR) is 78.6 cm³/mol. The number of nitrogens with zero attached hydrogens (tertiary/aromatic N) is 2. The van der Waals surface area contributed by atoms with Gasteiger partial charge in [0.2, 0.25) is 5.82 Å². The summed E-state index contributed by atoms with van der Waals surface area (Å²) >= 11 is 0. The molecule has 1 aromatic heterocycles. The SMILES string of the molecule is C1=CC=CNC=C1.NC(=O)c1ncc2ccccc2n1. The molecule has 2 heterocycles. The van der Waals surface area contributed by atoms with E-state index in [4.69, 9.17) is 5.73 Å². The number of carbonyl (C=O) groups excluding carboxylic acids is 1. The van der Waals surface area contributed by atoms with Crippen LogP contribution < -0.4 is 11.1 Å². The molecule has 0 aliphatic carbocycles. The topological polar surface area (TPSA) is 80.9 Å². The van der Waals surface area contributed by atoms with Gasteiger partial charge >= 0.3 is 0 Å². The first-order chi connectivity index (χ1) is 9.77. The average molecular weight is 266 g/mol. The van der Waals surface area contributed by atoms with E-state index in [1.165, 1.54) is 0 Å². The molecular weight excluding hydrogens is 252 g/mol. The molecule has 0 radical (unpaired) electrons. The fraction of sp³-hybridized carbons (Fsp3) is 0. The summed E-state index contributed by atoms with van der Waals surface area (Å²) in [5.41, 5.74) is 5.77. The lowest BCUT2D eigenvalue weighted by atomic mass is 10.2. The molecular formula is C15H14N4O. The summed E-state index contributed by atoms with van der Waals surface area (Å²) in [4.78, 5) is 18.6. The maximum Gasteiger partial charge on any atom is 0.286 e. The largest absolute Gasteiger partial charge is 0.368 e. The summed E-state index contributed by atoms with van der Waals surface area (Å²) in [6.07, 6.45) is 13.2. The predicted octanol–water partition coefficient (Wildman–Crippen LogP) is 1.90. The number of primary amides is 1. The number of fused-ring (bicyclic) bond motifs is 1. The second-order valence-corrected chi connectivity index (χ2v) is 3.89. The Labute approximate surface area is 116 Å². The minimum absolute atomic E-state index is 0.0544. The Morgan fingerprint density at radius 2 is 1.75 bits per heavy atom. The van der Waals surface area contributed by atoms with Gasteiger partial charge in [-0.15, -0.1) is 0 Å². The molecule has 0 bridgehead atoms. The number of allylic oxidation sites excluding steroid dienone is 4. The fourth-order valence-corrected chi connectivity index (χ4v) is 1.50. The molecule has 5 heteroatoms. The molecule has 0 saturated heterocycles. The van der Waals surface area contributed by atoms with Crippen LogP contribution in [0.5, 0.6) is 0 Å². The van der Waals surface area contributed by atoms with Gasteiger partial charge in [0.15, 0.2) is 0 Å². The van der Waals surface area contributed by atoms with Crippen molar-refractivity contribution in [2.24, 2.45) is 5.73 Å². The number of hydrogen-bond donors (Lipinski definition) is 2. The van der Waals surface area contributed by atoms with Gasteiger partial charge in [-0.2, -0.15) is 0 Å². The molecule has 3 rings (SSSR count). The van der Waals surface area contributed by atoms with Crippen LogP contribution in [0, 0.1) is 0 Å². The summed E-state index contributed by atoms with van der Waals surface area (Å²) in [6.45, 7) is 0. The van der Waals surface area contributed by atoms with E-state index < -0.39 is 5.91 Å². The van der Waals surface area contributed by atoms with Gasteiger partial charge in [0, 0.05) is 24.0 Å². The van der Waals surface area contributed by atoms with Gasteiger partial charge in [0.1, 0.15) is 0 Å². The molecule has 0 atom stereocenters. The zero-order chi connectivity index (χ0) is 14.2. The first-order valence-corrected chi connectivity index (χ1v) is 6.03. The lowest BCUT2D eigenvalue weighted by molar-refractivity contribution is 0.0991. The van der Waals surface area contributed by atoms with E-state index in [1.807, 2.05) is 61.0 Å². The minimum Gasteiger partial charge on any atom is -0.368 e. The van der Waals surface area contributed by atoms with Crippen molar-refractivity contribution in [1.82, 2.24) is 15.3 Å². The van der Waals surface area contributed by atoms with Crippen LogP contribution in [0.3, 0.4) is 0 Å². The van der Waals surface area contributed by atoms with Crippen molar-refractivity contribution in [3.63, 3.8) is 0 Å². The quantitative estimate of drug-likeness (QED) is 0.826. The summed E-state index contributed by atoms with van der Waals surface area (Å²) < 4.78 is 0. The van der Waals surface area contributed by atoms with Crippen molar-refractivity contribution in [1.29, 1.82) is 0 Å². The van der Waals surface area contributed by atoms with Crippen LogP contribution >= 0.6 is 0 Å². The molecule has 2 aromatic rings. The molecule has 1 aromatic carbocycles. The third kappa shape index (κ3) is 3.78. The highest BCUT2D eigenvalue weighted by molar-refractivity contribution is 5.91. The van der Waals surface area contributed by atoms with E-state index in [0.29, 0.717) is 0 Å². The molecule has 0 unspecified atom stereocenters. The summed E-state index contributed by atoms with van der Waals surface area (Å²) in [5.74, 6) is -0.551. The maximum atomic E-state index is 10.7. The van der Waals surface area contributed by atoms with Crippen molar-refractivity contribution < 1.29 is 4.79 Å². The van der Waals surface area contributed by atoms with Gasteiger partial charge in [-0.3, -0.25) is 4.79 Å². The number of nitrogens with one attached hydrogen (secondary N) is 1. The van der Waals surface area contributed by atoms with Gasteiger partial charge in [0.25, 0.3) is 5.91 Å². The zero-order valence-corrected chi connectivity index (χ0v) is 10.7. The number of aromatic nitrogens is 2. The molecule has 1 aliphatic heterocycles. The molecule has 20 heavy (non-hydrogen) atoms. The molecule has 1 aliphatic rings. The summed E-state index contributed by atoms with van der Waals surface area (Å²) in [6, 6.07) is 7.42. The first kappa shape index (κ1) is 13.5. The van der Waals surface area contributed by atoms with Gasteiger partial charge in [-0.1, -0.05) is 30.4 Å². The Balaban J connectivity index is 0.000000178. The number of amides is 1. The first-order valence-electron chi connectivity index (χ1n) is 6.03.